The van der Waals surface area contributed by atoms with E-state index in [1.54, 1.807) is 26.0 Å². The Morgan fingerprint density at radius 2 is 1.76 bits per heavy atom. The van der Waals surface area contributed by atoms with E-state index in [1.807, 2.05) is 0 Å². The summed E-state index contributed by atoms with van der Waals surface area (Å²) in [5.41, 5.74) is 1.75. The molecular weight excluding hydrogens is 220 g/mol. The molecule has 1 N–H and O–H groups in total. The number of esters is 1. The molecule has 0 unspecified atom stereocenters. The van der Waals surface area contributed by atoms with Gasteiger partial charge in [-0.2, -0.15) is 0 Å². The van der Waals surface area contributed by atoms with Gasteiger partial charge in [0.15, 0.2) is 0 Å². The topological polar surface area (TPSA) is 63.6 Å². The molecule has 0 aliphatic rings. The van der Waals surface area contributed by atoms with Gasteiger partial charge in [0.05, 0.1) is 12.2 Å². The van der Waals surface area contributed by atoms with E-state index in [2.05, 4.69) is 0 Å². The van der Waals surface area contributed by atoms with Crippen LogP contribution in [0.3, 0.4) is 0 Å². The SMILES string of the molecule is CCOC(=O)/C=C(\C)c1ccc(C(=O)O)cc1. The number of ether oxygens (including phenoxy) is 1. The minimum atomic E-state index is -0.969. The number of benzene rings is 1. The summed E-state index contributed by atoms with van der Waals surface area (Å²) in [4.78, 5) is 21.9. The van der Waals surface area contributed by atoms with Crippen molar-refractivity contribution >= 4 is 17.5 Å². The third-order valence-corrected chi connectivity index (χ3v) is 2.21. The second kappa shape index (κ2) is 5.84. The quantitative estimate of drug-likeness (QED) is 0.641. The Hall–Kier alpha value is -2.10. The van der Waals surface area contributed by atoms with Crippen LogP contribution in [0.5, 0.6) is 0 Å². The summed E-state index contributed by atoms with van der Waals surface area (Å²) in [5.74, 6) is -1.36. The van der Waals surface area contributed by atoms with Crippen molar-refractivity contribution in [3.05, 3.63) is 41.5 Å². The summed E-state index contributed by atoms with van der Waals surface area (Å²) in [5, 5.41) is 8.74. The Balaban J connectivity index is 2.86. The lowest BCUT2D eigenvalue weighted by molar-refractivity contribution is -0.137. The molecule has 0 saturated carbocycles. The minimum Gasteiger partial charge on any atom is -0.478 e. The molecule has 0 saturated heterocycles. The van der Waals surface area contributed by atoms with Crippen molar-refractivity contribution in [1.29, 1.82) is 0 Å². The van der Waals surface area contributed by atoms with Crippen LogP contribution in [0.4, 0.5) is 0 Å². The molecule has 0 bridgehead atoms. The fourth-order valence-electron chi connectivity index (χ4n) is 1.32. The maximum absolute atomic E-state index is 11.2. The lowest BCUT2D eigenvalue weighted by atomic mass is 10.1. The van der Waals surface area contributed by atoms with Crippen molar-refractivity contribution in [1.82, 2.24) is 0 Å². The lowest BCUT2D eigenvalue weighted by Gasteiger charge is -2.02. The number of carbonyl (C=O) groups excluding carboxylic acids is 1. The molecule has 4 nitrogen and oxygen atoms in total. The summed E-state index contributed by atoms with van der Waals surface area (Å²) in [6, 6.07) is 6.32. The summed E-state index contributed by atoms with van der Waals surface area (Å²) in [6.07, 6.45) is 1.39. The van der Waals surface area contributed by atoms with Crippen molar-refractivity contribution < 1.29 is 19.4 Å². The summed E-state index contributed by atoms with van der Waals surface area (Å²) in [7, 11) is 0. The zero-order chi connectivity index (χ0) is 12.8. The standard InChI is InChI=1S/C13H14O4/c1-3-17-12(14)8-9(2)10-4-6-11(7-5-10)13(15)16/h4-8H,3H2,1-2H3,(H,15,16)/b9-8+. The van der Waals surface area contributed by atoms with E-state index >= 15 is 0 Å². The Bertz CT molecular complexity index is 443. The molecule has 90 valence electrons. The van der Waals surface area contributed by atoms with Crippen LogP contribution in [0.1, 0.15) is 29.8 Å². The molecule has 17 heavy (non-hydrogen) atoms. The molecule has 0 heterocycles. The molecule has 0 radical (unpaired) electrons. The molecule has 0 aromatic heterocycles. The van der Waals surface area contributed by atoms with Gasteiger partial charge in [0.2, 0.25) is 0 Å². The largest absolute Gasteiger partial charge is 0.478 e. The molecule has 1 aromatic rings. The van der Waals surface area contributed by atoms with Crippen LogP contribution in [0, 0.1) is 0 Å². The smallest absolute Gasteiger partial charge is 0.335 e. The number of hydrogen-bond donors (Lipinski definition) is 1. The molecule has 0 fully saturated rings. The van der Waals surface area contributed by atoms with Gasteiger partial charge in [-0.1, -0.05) is 12.1 Å². The van der Waals surface area contributed by atoms with Crippen LogP contribution in [0.2, 0.25) is 0 Å². The monoisotopic (exact) mass is 234 g/mol. The fourth-order valence-corrected chi connectivity index (χ4v) is 1.32. The molecule has 0 aliphatic carbocycles. The van der Waals surface area contributed by atoms with Gasteiger partial charge < -0.3 is 9.84 Å². The number of allylic oxidation sites excluding steroid dienone is 1. The van der Waals surface area contributed by atoms with Gasteiger partial charge in [-0.25, -0.2) is 9.59 Å². The van der Waals surface area contributed by atoms with Crippen molar-refractivity contribution in [2.24, 2.45) is 0 Å². The van der Waals surface area contributed by atoms with E-state index in [1.165, 1.54) is 18.2 Å². The Labute approximate surface area is 99.5 Å². The predicted octanol–water partition coefficient (Wildman–Crippen LogP) is 2.35. The third-order valence-electron chi connectivity index (χ3n) is 2.21. The molecule has 0 atom stereocenters. The van der Waals surface area contributed by atoms with Gasteiger partial charge in [0.1, 0.15) is 0 Å². The molecule has 1 rings (SSSR count). The highest BCUT2D eigenvalue weighted by Gasteiger charge is 2.04. The molecule has 1 aromatic carbocycles. The van der Waals surface area contributed by atoms with Crippen molar-refractivity contribution in [3.8, 4) is 0 Å². The molecule has 0 amide bonds. The van der Waals surface area contributed by atoms with E-state index < -0.39 is 11.9 Å². The van der Waals surface area contributed by atoms with Gasteiger partial charge in [0, 0.05) is 6.08 Å². The Kier molecular flexibility index (Phi) is 4.46. The fraction of sp³-hybridized carbons (Fsp3) is 0.231. The maximum atomic E-state index is 11.2. The van der Waals surface area contributed by atoms with Crippen LogP contribution in [-0.2, 0) is 9.53 Å². The highest BCUT2D eigenvalue weighted by atomic mass is 16.5. The predicted molar refractivity (Wildman–Crippen MR) is 63.7 cm³/mol. The van der Waals surface area contributed by atoms with Crippen LogP contribution >= 0.6 is 0 Å². The number of aromatic carboxylic acids is 1. The summed E-state index contributed by atoms with van der Waals surface area (Å²) >= 11 is 0. The first-order valence-corrected chi connectivity index (χ1v) is 5.23. The normalized spacial score (nSPS) is 11.1. The first-order valence-electron chi connectivity index (χ1n) is 5.23. The number of carboxylic acid groups (broad SMARTS) is 1. The first kappa shape index (κ1) is 13.0. The number of carboxylic acids is 1. The van der Waals surface area contributed by atoms with Crippen LogP contribution in [-0.4, -0.2) is 23.7 Å². The van der Waals surface area contributed by atoms with Crippen molar-refractivity contribution in [3.63, 3.8) is 0 Å². The van der Waals surface area contributed by atoms with Gasteiger partial charge in [-0.15, -0.1) is 0 Å². The summed E-state index contributed by atoms with van der Waals surface area (Å²) < 4.78 is 4.79. The number of carbonyl (C=O) groups is 2. The average molecular weight is 234 g/mol. The van der Waals surface area contributed by atoms with Gasteiger partial charge in [0.25, 0.3) is 0 Å². The van der Waals surface area contributed by atoms with E-state index in [9.17, 15) is 9.59 Å². The van der Waals surface area contributed by atoms with Gasteiger partial charge in [-0.05, 0) is 37.1 Å². The van der Waals surface area contributed by atoms with Crippen molar-refractivity contribution in [2.75, 3.05) is 6.61 Å². The summed E-state index contributed by atoms with van der Waals surface area (Å²) in [6.45, 7) is 3.84. The Morgan fingerprint density at radius 3 is 2.24 bits per heavy atom. The molecule has 4 heteroatoms. The van der Waals surface area contributed by atoms with Crippen LogP contribution < -0.4 is 0 Å². The molecule has 0 spiro atoms. The molecular formula is C13H14O4. The van der Waals surface area contributed by atoms with E-state index in [-0.39, 0.29) is 5.56 Å². The second-order valence-corrected chi connectivity index (χ2v) is 3.46. The van der Waals surface area contributed by atoms with Crippen LogP contribution in [0.25, 0.3) is 5.57 Å². The number of hydrogen-bond acceptors (Lipinski definition) is 3. The average Bonchev–Trinajstić information content (AvgIpc) is 2.29. The van der Waals surface area contributed by atoms with Gasteiger partial charge in [-0.3, -0.25) is 0 Å². The van der Waals surface area contributed by atoms with E-state index in [0.29, 0.717) is 6.61 Å². The third kappa shape index (κ3) is 3.75. The molecule has 0 aliphatic heterocycles. The zero-order valence-electron chi connectivity index (χ0n) is 9.77. The zero-order valence-corrected chi connectivity index (χ0v) is 9.77. The Morgan fingerprint density at radius 1 is 1.24 bits per heavy atom. The lowest BCUT2D eigenvalue weighted by Crippen LogP contribution is -2.00. The van der Waals surface area contributed by atoms with E-state index in [4.69, 9.17) is 9.84 Å². The van der Waals surface area contributed by atoms with Crippen molar-refractivity contribution in [2.45, 2.75) is 13.8 Å². The highest BCUT2D eigenvalue weighted by molar-refractivity contribution is 5.92. The van der Waals surface area contributed by atoms with Gasteiger partial charge >= 0.3 is 11.9 Å². The highest BCUT2D eigenvalue weighted by Crippen LogP contribution is 2.14. The maximum Gasteiger partial charge on any atom is 0.335 e. The van der Waals surface area contributed by atoms with E-state index in [0.717, 1.165) is 11.1 Å². The minimum absolute atomic E-state index is 0.220. The first-order chi connectivity index (χ1) is 8.04. The number of rotatable bonds is 4. The second-order valence-electron chi connectivity index (χ2n) is 3.46. The van der Waals surface area contributed by atoms with Crippen LogP contribution in [0.15, 0.2) is 30.3 Å².